The molecule has 0 aromatic carbocycles. The molecule has 0 unspecified atom stereocenters. The van der Waals surface area contributed by atoms with Crippen molar-refractivity contribution >= 4 is 0 Å². The summed E-state index contributed by atoms with van der Waals surface area (Å²) in [4.78, 5) is 0. The molecule has 1 rings (SSSR count). The first-order valence-corrected chi connectivity index (χ1v) is 2.50. The lowest BCUT2D eigenvalue weighted by atomic mass is 10.6. The second-order valence-corrected chi connectivity index (χ2v) is 1.97. The second-order valence-electron chi connectivity index (χ2n) is 1.97. The molecule has 0 fully saturated rings. The number of halogens is 1. The Kier molecular flexibility index (Phi) is 1.21. The van der Waals surface area contributed by atoms with Crippen LogP contribution in [-0.4, -0.2) is 30.7 Å². The van der Waals surface area contributed by atoms with E-state index in [1.165, 1.54) is 6.20 Å². The maximum Gasteiger partial charge on any atom is 0.133 e. The van der Waals surface area contributed by atoms with E-state index in [1.54, 1.807) is 10.0 Å². The molecule has 0 saturated carbocycles. The predicted molar refractivity (Wildman–Crippen MR) is 29.6 cm³/mol. The zero-order valence-electron chi connectivity index (χ0n) is 5.06. The molecule has 1 aliphatic heterocycles. The summed E-state index contributed by atoms with van der Waals surface area (Å²) in [5.41, 5.74) is 0. The summed E-state index contributed by atoms with van der Waals surface area (Å²) in [6.07, 6.45) is 1.47. The lowest BCUT2D eigenvalue weighted by Gasteiger charge is -2.18. The van der Waals surface area contributed by atoms with Crippen LogP contribution in [0.2, 0.25) is 0 Å². The van der Waals surface area contributed by atoms with E-state index in [0.29, 0.717) is 6.54 Å². The molecular weight excluding hydrogens is 107 g/mol. The lowest BCUT2D eigenvalue weighted by Crippen LogP contribution is -2.27. The standard InChI is InChI=1S/C5H9FN2/c1-7-3-5(6)4-8(7)2/h3H,4H2,1-2H3. The number of hydrogen-bond donors (Lipinski definition) is 0. The van der Waals surface area contributed by atoms with Crippen LogP contribution in [-0.2, 0) is 0 Å². The van der Waals surface area contributed by atoms with Gasteiger partial charge in [-0.15, -0.1) is 0 Å². The summed E-state index contributed by atoms with van der Waals surface area (Å²) < 4.78 is 12.2. The van der Waals surface area contributed by atoms with Crippen molar-refractivity contribution in [1.29, 1.82) is 0 Å². The molecule has 8 heavy (non-hydrogen) atoms. The van der Waals surface area contributed by atoms with Crippen molar-refractivity contribution in [3.8, 4) is 0 Å². The van der Waals surface area contributed by atoms with Gasteiger partial charge in [0.15, 0.2) is 0 Å². The molecular formula is C5H9FN2. The summed E-state index contributed by atoms with van der Waals surface area (Å²) >= 11 is 0. The normalized spacial score (nSPS) is 21.9. The maximum atomic E-state index is 12.2. The van der Waals surface area contributed by atoms with Crippen LogP contribution in [0.4, 0.5) is 4.39 Å². The molecule has 0 atom stereocenters. The van der Waals surface area contributed by atoms with E-state index in [9.17, 15) is 4.39 Å². The molecule has 1 aliphatic rings. The van der Waals surface area contributed by atoms with Gasteiger partial charge in [0.2, 0.25) is 0 Å². The van der Waals surface area contributed by atoms with Crippen LogP contribution in [0.1, 0.15) is 0 Å². The largest absolute Gasteiger partial charge is 0.313 e. The molecule has 0 aromatic rings. The van der Waals surface area contributed by atoms with Crippen LogP contribution in [0.25, 0.3) is 0 Å². The minimum atomic E-state index is -0.0741. The van der Waals surface area contributed by atoms with Crippen molar-refractivity contribution in [2.24, 2.45) is 0 Å². The van der Waals surface area contributed by atoms with E-state index in [-0.39, 0.29) is 5.83 Å². The Morgan fingerprint density at radius 1 is 1.62 bits per heavy atom. The Balaban J connectivity index is 2.56. The van der Waals surface area contributed by atoms with Crippen molar-refractivity contribution in [1.82, 2.24) is 10.0 Å². The Morgan fingerprint density at radius 2 is 2.25 bits per heavy atom. The topological polar surface area (TPSA) is 6.48 Å². The van der Waals surface area contributed by atoms with Gasteiger partial charge in [-0.25, -0.2) is 9.40 Å². The molecule has 3 heteroatoms. The average molecular weight is 116 g/mol. The summed E-state index contributed by atoms with van der Waals surface area (Å²) in [6.45, 7) is 0.413. The fourth-order valence-electron chi connectivity index (χ4n) is 0.672. The molecule has 0 radical (unpaired) electrons. The zero-order chi connectivity index (χ0) is 6.15. The highest BCUT2D eigenvalue weighted by molar-refractivity contribution is 4.97. The van der Waals surface area contributed by atoms with Gasteiger partial charge in [0.1, 0.15) is 5.83 Å². The van der Waals surface area contributed by atoms with Gasteiger partial charge in [-0.1, -0.05) is 0 Å². The smallest absolute Gasteiger partial charge is 0.133 e. The van der Waals surface area contributed by atoms with Gasteiger partial charge in [-0.3, -0.25) is 0 Å². The maximum absolute atomic E-state index is 12.2. The first kappa shape index (κ1) is 5.56. The second kappa shape index (κ2) is 1.74. The highest BCUT2D eigenvalue weighted by Gasteiger charge is 2.12. The summed E-state index contributed by atoms with van der Waals surface area (Å²) in [7, 11) is 3.65. The first-order valence-electron chi connectivity index (χ1n) is 2.50. The Labute approximate surface area is 48.2 Å². The molecule has 0 aromatic heterocycles. The van der Waals surface area contributed by atoms with Gasteiger partial charge in [-0.05, 0) is 0 Å². The molecule has 0 bridgehead atoms. The number of nitrogens with zero attached hydrogens (tertiary/aromatic N) is 2. The summed E-state index contributed by atoms with van der Waals surface area (Å²) in [5.74, 6) is -0.0741. The van der Waals surface area contributed by atoms with E-state index < -0.39 is 0 Å². The average Bonchev–Trinajstić information content (AvgIpc) is 1.85. The Morgan fingerprint density at radius 3 is 2.38 bits per heavy atom. The molecule has 0 amide bonds. The monoisotopic (exact) mass is 116 g/mol. The zero-order valence-corrected chi connectivity index (χ0v) is 5.06. The van der Waals surface area contributed by atoms with E-state index in [4.69, 9.17) is 0 Å². The fourth-order valence-corrected chi connectivity index (χ4v) is 0.672. The number of likely N-dealkylation sites (N-methyl/N-ethyl adjacent to an activating group) is 1. The number of hydrogen-bond acceptors (Lipinski definition) is 2. The minimum absolute atomic E-state index is 0.0741. The van der Waals surface area contributed by atoms with E-state index in [2.05, 4.69) is 0 Å². The Hall–Kier alpha value is -0.570. The molecule has 0 aliphatic carbocycles. The lowest BCUT2D eigenvalue weighted by molar-refractivity contribution is 0.114. The third-order valence-corrected chi connectivity index (χ3v) is 1.25. The number of hydrazine groups is 1. The van der Waals surface area contributed by atoms with Crippen LogP contribution in [0.3, 0.4) is 0 Å². The van der Waals surface area contributed by atoms with Crippen LogP contribution in [0.15, 0.2) is 12.0 Å². The number of rotatable bonds is 0. The van der Waals surface area contributed by atoms with Crippen LogP contribution in [0, 0.1) is 0 Å². The Bertz CT molecular complexity index is 122. The molecule has 0 spiro atoms. The van der Waals surface area contributed by atoms with Crippen molar-refractivity contribution in [3.63, 3.8) is 0 Å². The van der Waals surface area contributed by atoms with Gasteiger partial charge in [0.05, 0.1) is 6.54 Å². The van der Waals surface area contributed by atoms with Crippen molar-refractivity contribution < 1.29 is 4.39 Å². The third kappa shape index (κ3) is 0.816. The molecule has 46 valence electrons. The molecule has 2 nitrogen and oxygen atoms in total. The van der Waals surface area contributed by atoms with Gasteiger partial charge in [-0.2, -0.15) is 0 Å². The van der Waals surface area contributed by atoms with Crippen molar-refractivity contribution in [2.45, 2.75) is 0 Å². The van der Waals surface area contributed by atoms with Crippen molar-refractivity contribution in [3.05, 3.63) is 12.0 Å². The SMILES string of the molecule is CN1C=C(F)CN1C. The third-order valence-electron chi connectivity index (χ3n) is 1.25. The van der Waals surface area contributed by atoms with E-state index in [1.807, 2.05) is 14.1 Å². The molecule has 1 heterocycles. The van der Waals surface area contributed by atoms with Crippen LogP contribution < -0.4 is 0 Å². The van der Waals surface area contributed by atoms with Gasteiger partial charge in [0, 0.05) is 20.3 Å². The highest BCUT2D eigenvalue weighted by Crippen LogP contribution is 2.10. The van der Waals surface area contributed by atoms with E-state index >= 15 is 0 Å². The molecule has 0 N–H and O–H groups in total. The van der Waals surface area contributed by atoms with Gasteiger partial charge >= 0.3 is 0 Å². The van der Waals surface area contributed by atoms with Gasteiger partial charge < -0.3 is 5.01 Å². The molecule has 0 saturated heterocycles. The summed E-state index contributed by atoms with van der Waals surface area (Å²) in [6, 6.07) is 0. The minimum Gasteiger partial charge on any atom is -0.313 e. The van der Waals surface area contributed by atoms with Gasteiger partial charge in [0.25, 0.3) is 0 Å². The van der Waals surface area contributed by atoms with Crippen LogP contribution in [0.5, 0.6) is 0 Å². The van der Waals surface area contributed by atoms with Crippen LogP contribution >= 0.6 is 0 Å². The fraction of sp³-hybridized carbons (Fsp3) is 0.600. The van der Waals surface area contributed by atoms with E-state index in [0.717, 1.165) is 0 Å². The first-order chi connectivity index (χ1) is 3.70. The summed E-state index contributed by atoms with van der Waals surface area (Å²) in [5, 5.41) is 3.50. The van der Waals surface area contributed by atoms with Crippen molar-refractivity contribution in [2.75, 3.05) is 20.6 Å². The quantitative estimate of drug-likeness (QED) is 0.457. The highest BCUT2D eigenvalue weighted by atomic mass is 19.1. The predicted octanol–water partition coefficient (Wildman–Crippen LogP) is 0.590.